The normalized spacial score (nSPS) is 15.3. The summed E-state index contributed by atoms with van der Waals surface area (Å²) in [4.78, 5) is 35.6. The van der Waals surface area contributed by atoms with E-state index in [0.29, 0.717) is 30.9 Å². The molecule has 0 fully saturated rings. The van der Waals surface area contributed by atoms with Crippen molar-refractivity contribution >= 4 is 23.5 Å². The van der Waals surface area contributed by atoms with Crippen LogP contribution in [0.15, 0.2) is 70.3 Å². The Morgan fingerprint density at radius 2 is 2.03 bits per heavy atom. The summed E-state index contributed by atoms with van der Waals surface area (Å²) in [5.74, 6) is -0.377. The minimum atomic E-state index is -0.488. The van der Waals surface area contributed by atoms with Gasteiger partial charge in [-0.15, -0.1) is 0 Å². The molecule has 158 valence electrons. The number of rotatable bonds is 4. The second-order valence-electron chi connectivity index (χ2n) is 6.99. The van der Waals surface area contributed by atoms with E-state index in [-0.39, 0.29) is 24.0 Å². The van der Waals surface area contributed by atoms with E-state index < -0.39 is 11.7 Å². The first-order chi connectivity index (χ1) is 15.0. The third kappa shape index (κ3) is 4.53. The molecule has 2 aliphatic heterocycles. The van der Waals surface area contributed by atoms with Crippen LogP contribution in [0.3, 0.4) is 0 Å². The Morgan fingerprint density at radius 3 is 2.84 bits per heavy atom. The standard InChI is InChI=1S/C23H21FN4O3/c1-2-31-20-9-4-3-8-18(20)22(30)28-11-10-19-16(14-28)13-25-23(26-19)27-21(29)15-6-5-7-17(24)12-15/h3-9,12,14H,2,10-11,13H2,1H3,(H,25,27,29). The van der Waals surface area contributed by atoms with E-state index in [4.69, 9.17) is 4.74 Å². The molecule has 2 amide bonds. The zero-order chi connectivity index (χ0) is 21.8. The highest BCUT2D eigenvalue weighted by Crippen LogP contribution is 2.23. The highest BCUT2D eigenvalue weighted by atomic mass is 19.1. The number of carbonyl (C=O) groups is 2. The quantitative estimate of drug-likeness (QED) is 0.825. The summed E-state index contributed by atoms with van der Waals surface area (Å²) >= 11 is 0. The van der Waals surface area contributed by atoms with E-state index in [1.165, 1.54) is 18.2 Å². The molecule has 4 rings (SSSR count). The van der Waals surface area contributed by atoms with Gasteiger partial charge in [-0.05, 0) is 37.3 Å². The summed E-state index contributed by atoms with van der Waals surface area (Å²) in [6.07, 6.45) is 2.28. The highest BCUT2D eigenvalue weighted by molar-refractivity contribution is 6.14. The van der Waals surface area contributed by atoms with Gasteiger partial charge in [0.15, 0.2) is 0 Å². The lowest BCUT2D eigenvalue weighted by molar-refractivity contribution is 0.0818. The number of fused-ring (bicyclic) bond motifs is 1. The fourth-order valence-electron chi connectivity index (χ4n) is 3.41. The van der Waals surface area contributed by atoms with Crippen LogP contribution < -0.4 is 10.1 Å². The summed E-state index contributed by atoms with van der Waals surface area (Å²) in [5, 5.41) is 2.61. The molecular formula is C23H21FN4O3. The van der Waals surface area contributed by atoms with Gasteiger partial charge >= 0.3 is 0 Å². The SMILES string of the molecule is CCOc1ccccc1C(=O)N1C=C2CN=C(NC(=O)c3cccc(F)c3)N=C2CC1. The summed E-state index contributed by atoms with van der Waals surface area (Å²) < 4.78 is 18.9. The van der Waals surface area contributed by atoms with Gasteiger partial charge in [-0.3, -0.25) is 14.9 Å². The number of nitrogens with zero attached hydrogens (tertiary/aromatic N) is 3. The van der Waals surface area contributed by atoms with Gasteiger partial charge in [-0.2, -0.15) is 0 Å². The van der Waals surface area contributed by atoms with E-state index >= 15 is 0 Å². The van der Waals surface area contributed by atoms with Crippen molar-refractivity contribution in [3.63, 3.8) is 0 Å². The van der Waals surface area contributed by atoms with Gasteiger partial charge < -0.3 is 9.64 Å². The topological polar surface area (TPSA) is 83.4 Å². The number of guanidine groups is 1. The van der Waals surface area contributed by atoms with E-state index in [1.807, 2.05) is 13.0 Å². The number of hydrogen-bond donors (Lipinski definition) is 1. The molecule has 0 bridgehead atoms. The zero-order valence-corrected chi connectivity index (χ0v) is 17.0. The molecule has 0 radical (unpaired) electrons. The van der Waals surface area contributed by atoms with Crippen LogP contribution in [0, 0.1) is 5.82 Å². The van der Waals surface area contributed by atoms with Crippen LogP contribution in [-0.2, 0) is 0 Å². The van der Waals surface area contributed by atoms with Gasteiger partial charge in [-0.1, -0.05) is 18.2 Å². The number of benzene rings is 2. The van der Waals surface area contributed by atoms with E-state index in [9.17, 15) is 14.0 Å². The Bertz CT molecular complexity index is 1120. The van der Waals surface area contributed by atoms with Gasteiger partial charge in [0.05, 0.1) is 24.4 Å². The monoisotopic (exact) mass is 420 g/mol. The lowest BCUT2D eigenvalue weighted by atomic mass is 10.0. The first-order valence-corrected chi connectivity index (χ1v) is 9.98. The van der Waals surface area contributed by atoms with E-state index in [0.717, 1.165) is 17.4 Å². The Labute approximate surface area is 179 Å². The number of amides is 2. The van der Waals surface area contributed by atoms with Crippen LogP contribution in [0.5, 0.6) is 5.75 Å². The molecule has 8 heteroatoms. The van der Waals surface area contributed by atoms with Gasteiger partial charge in [0, 0.05) is 30.3 Å². The third-order valence-electron chi connectivity index (χ3n) is 4.90. The van der Waals surface area contributed by atoms with E-state index in [2.05, 4.69) is 15.3 Å². The highest BCUT2D eigenvalue weighted by Gasteiger charge is 2.26. The van der Waals surface area contributed by atoms with Crippen molar-refractivity contribution in [1.29, 1.82) is 0 Å². The van der Waals surface area contributed by atoms with Crippen molar-refractivity contribution in [3.8, 4) is 5.75 Å². The molecule has 2 aromatic rings. The molecule has 2 heterocycles. The molecule has 0 unspecified atom stereocenters. The third-order valence-corrected chi connectivity index (χ3v) is 4.90. The van der Waals surface area contributed by atoms with Crippen molar-refractivity contribution in [3.05, 3.63) is 77.2 Å². The number of para-hydroxylation sites is 1. The van der Waals surface area contributed by atoms with Gasteiger partial charge in [0.2, 0.25) is 5.96 Å². The molecule has 2 aromatic carbocycles. The molecule has 0 aromatic heterocycles. The summed E-state index contributed by atoms with van der Waals surface area (Å²) in [5.41, 5.74) is 2.28. The lowest BCUT2D eigenvalue weighted by Crippen LogP contribution is -2.38. The molecule has 31 heavy (non-hydrogen) atoms. The van der Waals surface area contributed by atoms with Crippen LogP contribution in [-0.4, -0.2) is 48.1 Å². The molecule has 1 N–H and O–H groups in total. The molecular weight excluding hydrogens is 399 g/mol. The van der Waals surface area contributed by atoms with Gasteiger partial charge in [0.25, 0.3) is 11.8 Å². The van der Waals surface area contributed by atoms with Crippen molar-refractivity contribution in [1.82, 2.24) is 10.2 Å². The predicted octanol–water partition coefficient (Wildman–Crippen LogP) is 3.19. The largest absolute Gasteiger partial charge is 0.493 e. The molecule has 0 saturated heterocycles. The number of aliphatic imine (C=N–C) groups is 2. The second-order valence-corrected chi connectivity index (χ2v) is 6.99. The maximum Gasteiger partial charge on any atom is 0.261 e. The average molecular weight is 420 g/mol. The minimum absolute atomic E-state index is 0.148. The smallest absolute Gasteiger partial charge is 0.261 e. The predicted molar refractivity (Wildman–Crippen MR) is 115 cm³/mol. The molecule has 0 aliphatic carbocycles. The summed E-state index contributed by atoms with van der Waals surface area (Å²) in [7, 11) is 0. The van der Waals surface area contributed by atoms with Gasteiger partial charge in [0.1, 0.15) is 11.6 Å². The lowest BCUT2D eigenvalue weighted by Gasteiger charge is -2.28. The van der Waals surface area contributed by atoms with Crippen LogP contribution in [0.25, 0.3) is 0 Å². The Kier molecular flexibility index (Phi) is 5.88. The molecule has 2 aliphatic rings. The van der Waals surface area contributed by atoms with Crippen LogP contribution in [0.2, 0.25) is 0 Å². The van der Waals surface area contributed by atoms with Gasteiger partial charge in [-0.25, -0.2) is 14.4 Å². The first-order valence-electron chi connectivity index (χ1n) is 9.98. The molecule has 7 nitrogen and oxygen atoms in total. The second kappa shape index (κ2) is 8.91. The maximum absolute atomic E-state index is 13.3. The number of ether oxygens (including phenoxy) is 1. The molecule has 0 atom stereocenters. The zero-order valence-electron chi connectivity index (χ0n) is 17.0. The average Bonchev–Trinajstić information content (AvgIpc) is 2.79. The number of nitrogens with one attached hydrogen (secondary N) is 1. The Balaban J connectivity index is 1.47. The maximum atomic E-state index is 13.3. The minimum Gasteiger partial charge on any atom is -0.493 e. The van der Waals surface area contributed by atoms with Crippen molar-refractivity contribution in [2.75, 3.05) is 19.7 Å². The van der Waals surface area contributed by atoms with Crippen LogP contribution >= 0.6 is 0 Å². The molecule has 0 saturated carbocycles. The number of halogens is 1. The first kappa shape index (κ1) is 20.5. The van der Waals surface area contributed by atoms with Crippen LogP contribution in [0.1, 0.15) is 34.1 Å². The summed E-state index contributed by atoms with van der Waals surface area (Å²) in [6, 6.07) is 12.6. The summed E-state index contributed by atoms with van der Waals surface area (Å²) in [6.45, 7) is 3.08. The van der Waals surface area contributed by atoms with E-state index in [1.54, 1.807) is 29.3 Å². The van der Waals surface area contributed by atoms with Crippen molar-refractivity contribution in [2.24, 2.45) is 9.98 Å². The fourth-order valence-corrected chi connectivity index (χ4v) is 3.41. The van der Waals surface area contributed by atoms with Crippen LogP contribution in [0.4, 0.5) is 4.39 Å². The fraction of sp³-hybridized carbons (Fsp3) is 0.217. The molecule has 0 spiro atoms. The van der Waals surface area contributed by atoms with Crippen molar-refractivity contribution in [2.45, 2.75) is 13.3 Å². The number of hydrogen-bond acceptors (Lipinski definition) is 5. The Hall–Kier alpha value is -3.81. The Morgan fingerprint density at radius 1 is 1.19 bits per heavy atom. The number of carbonyl (C=O) groups excluding carboxylic acids is 2. The van der Waals surface area contributed by atoms with Crippen molar-refractivity contribution < 1.29 is 18.7 Å².